The summed E-state index contributed by atoms with van der Waals surface area (Å²) in [5.74, 6) is -3.61. The highest BCUT2D eigenvalue weighted by molar-refractivity contribution is 5.92. The van der Waals surface area contributed by atoms with Gasteiger partial charge >= 0.3 is 23.9 Å². The standard InChI is InChI=1S/C41H39N3O13/c1-51-41-36(57-40(50)28-16-9-4-10-17-28)35(56-39(49)27-14-7-3-8-15-27)34(55-38(48)26-12-5-2-6-13-26)33(54-41)25-52-24-29-23-44(43-42-29)20-11-21-53-30-18-19-32(45)31(22-30)37(46)47/h2-10,12-19,22-23,33-36,41,45H,11,20-21,24-25H2,1H3,(H,46,47)/t33-,34-,35+,36-,41+/m1/s1. The third-order valence-electron chi connectivity index (χ3n) is 8.70. The number of aromatic carboxylic acids is 1. The Balaban J connectivity index is 1.16. The molecule has 4 aromatic carbocycles. The number of rotatable bonds is 17. The molecule has 2 N–H and O–H groups in total. The Morgan fingerprint density at radius 1 is 0.754 bits per heavy atom. The summed E-state index contributed by atoms with van der Waals surface area (Å²) in [6, 6.07) is 28.5. The van der Waals surface area contributed by atoms with Gasteiger partial charge in [0.05, 0.1) is 42.7 Å². The van der Waals surface area contributed by atoms with Crippen LogP contribution >= 0.6 is 0 Å². The summed E-state index contributed by atoms with van der Waals surface area (Å²) in [6.45, 7) is 0.389. The first kappa shape index (κ1) is 40.1. The first-order valence-corrected chi connectivity index (χ1v) is 17.8. The summed E-state index contributed by atoms with van der Waals surface area (Å²) >= 11 is 0. The van der Waals surface area contributed by atoms with E-state index in [0.717, 1.165) is 0 Å². The normalized spacial score (nSPS) is 18.9. The minimum Gasteiger partial charge on any atom is -0.507 e. The van der Waals surface area contributed by atoms with Gasteiger partial charge in [0.25, 0.3) is 0 Å². The predicted molar refractivity (Wildman–Crippen MR) is 197 cm³/mol. The van der Waals surface area contributed by atoms with Gasteiger partial charge in [-0.05, 0) is 54.6 Å². The van der Waals surface area contributed by atoms with Crippen LogP contribution in [0, 0.1) is 0 Å². The van der Waals surface area contributed by atoms with Crippen molar-refractivity contribution < 1.29 is 62.5 Å². The Hall–Kier alpha value is -6.62. The fourth-order valence-corrected chi connectivity index (χ4v) is 5.89. The van der Waals surface area contributed by atoms with Crippen LogP contribution in [0.4, 0.5) is 0 Å². The van der Waals surface area contributed by atoms with Crippen molar-refractivity contribution in [3.8, 4) is 11.5 Å². The number of carbonyl (C=O) groups excluding carboxylic acids is 3. The molecule has 1 aromatic heterocycles. The second kappa shape index (κ2) is 19.3. The average molecular weight is 782 g/mol. The second-order valence-corrected chi connectivity index (χ2v) is 12.7. The van der Waals surface area contributed by atoms with E-state index in [-0.39, 0.29) is 47.8 Å². The first-order valence-electron chi connectivity index (χ1n) is 17.8. The Labute approximate surface area is 326 Å². The number of phenols is 1. The largest absolute Gasteiger partial charge is 0.507 e. The van der Waals surface area contributed by atoms with E-state index in [2.05, 4.69) is 10.3 Å². The van der Waals surface area contributed by atoms with Crippen molar-refractivity contribution in [2.45, 2.75) is 50.3 Å². The molecule has 16 nitrogen and oxygen atoms in total. The highest BCUT2D eigenvalue weighted by Crippen LogP contribution is 2.31. The number of aryl methyl sites for hydroxylation is 1. The fourth-order valence-electron chi connectivity index (χ4n) is 5.89. The fraction of sp³-hybridized carbons (Fsp3) is 0.268. The van der Waals surface area contributed by atoms with E-state index < -0.39 is 54.6 Å². The molecule has 0 spiro atoms. The maximum Gasteiger partial charge on any atom is 0.339 e. The van der Waals surface area contributed by atoms with E-state index in [1.807, 2.05) is 0 Å². The van der Waals surface area contributed by atoms with Crippen molar-refractivity contribution >= 4 is 23.9 Å². The molecule has 16 heteroatoms. The minimum absolute atomic E-state index is 0.0419. The summed E-state index contributed by atoms with van der Waals surface area (Å²) in [7, 11) is 1.33. The van der Waals surface area contributed by atoms with Gasteiger partial charge in [-0.15, -0.1) is 5.10 Å². The molecule has 0 radical (unpaired) electrons. The summed E-state index contributed by atoms with van der Waals surface area (Å²) in [5.41, 5.74) is 0.831. The van der Waals surface area contributed by atoms with Crippen LogP contribution in [-0.4, -0.2) is 100 Å². The highest BCUT2D eigenvalue weighted by atomic mass is 16.7. The highest BCUT2D eigenvalue weighted by Gasteiger charge is 2.53. The van der Waals surface area contributed by atoms with Crippen molar-refractivity contribution in [3.63, 3.8) is 0 Å². The molecule has 0 bridgehead atoms. The van der Waals surface area contributed by atoms with Gasteiger partial charge in [0.1, 0.15) is 28.9 Å². The van der Waals surface area contributed by atoms with Crippen LogP contribution in [0.3, 0.4) is 0 Å². The third-order valence-corrected chi connectivity index (χ3v) is 8.70. The van der Waals surface area contributed by atoms with Crippen LogP contribution in [0.5, 0.6) is 11.5 Å². The number of benzene rings is 4. The lowest BCUT2D eigenvalue weighted by Gasteiger charge is -2.44. The van der Waals surface area contributed by atoms with Gasteiger partial charge in [-0.2, -0.15) is 0 Å². The summed E-state index contributed by atoms with van der Waals surface area (Å²) in [4.78, 5) is 51.8. The Bertz CT molecular complexity index is 2110. The van der Waals surface area contributed by atoms with Gasteiger partial charge in [0.15, 0.2) is 24.6 Å². The number of esters is 3. The number of carboxylic acids is 1. The van der Waals surface area contributed by atoms with E-state index in [9.17, 15) is 29.4 Å². The SMILES string of the molecule is CO[C@H]1O[C@H](COCc2cn(CCCOc3ccc(O)c(C(=O)O)c3)nn2)[C@@H](OC(=O)c2ccccc2)[C@H](OC(=O)c2ccccc2)[C@H]1OC(=O)c1ccccc1. The van der Waals surface area contributed by atoms with Gasteiger partial charge in [-0.3, -0.25) is 4.68 Å². The van der Waals surface area contributed by atoms with Gasteiger partial charge in [-0.25, -0.2) is 19.2 Å². The van der Waals surface area contributed by atoms with Crippen molar-refractivity contribution in [3.05, 3.63) is 143 Å². The molecule has 2 heterocycles. The van der Waals surface area contributed by atoms with Crippen LogP contribution < -0.4 is 4.74 Å². The molecular weight excluding hydrogens is 742 g/mol. The minimum atomic E-state index is -1.43. The van der Waals surface area contributed by atoms with E-state index in [4.69, 9.17) is 33.2 Å². The van der Waals surface area contributed by atoms with Crippen molar-refractivity contribution in [1.29, 1.82) is 0 Å². The topological polar surface area (TPSA) is 204 Å². The first-order chi connectivity index (χ1) is 27.7. The van der Waals surface area contributed by atoms with E-state index in [0.29, 0.717) is 24.4 Å². The number of methoxy groups -OCH3 is 1. The molecule has 5 aromatic rings. The van der Waals surface area contributed by atoms with Gasteiger partial charge in [0, 0.05) is 20.1 Å². The van der Waals surface area contributed by atoms with Crippen molar-refractivity contribution in [1.82, 2.24) is 15.0 Å². The average Bonchev–Trinajstić information content (AvgIpc) is 3.69. The number of aromatic nitrogens is 3. The molecule has 6 rings (SSSR count). The predicted octanol–water partition coefficient (Wildman–Crippen LogP) is 4.72. The van der Waals surface area contributed by atoms with Crippen LogP contribution in [0.15, 0.2) is 115 Å². The zero-order valence-corrected chi connectivity index (χ0v) is 30.6. The van der Waals surface area contributed by atoms with E-state index in [1.54, 1.807) is 102 Å². The van der Waals surface area contributed by atoms with Gasteiger partial charge in [0.2, 0.25) is 0 Å². The lowest BCUT2D eigenvalue weighted by Crippen LogP contribution is -2.62. The van der Waals surface area contributed by atoms with Crippen LogP contribution in [-0.2, 0) is 41.6 Å². The summed E-state index contributed by atoms with van der Waals surface area (Å²) in [5, 5.41) is 27.2. The zero-order chi connectivity index (χ0) is 40.1. The molecule has 0 aliphatic carbocycles. The molecule has 1 aliphatic heterocycles. The molecule has 0 amide bonds. The maximum atomic E-state index is 13.6. The van der Waals surface area contributed by atoms with Crippen LogP contribution in [0.2, 0.25) is 0 Å². The zero-order valence-electron chi connectivity index (χ0n) is 30.6. The molecule has 0 unspecified atom stereocenters. The lowest BCUT2D eigenvalue weighted by molar-refractivity contribution is -0.294. The van der Waals surface area contributed by atoms with Crippen molar-refractivity contribution in [2.75, 3.05) is 20.3 Å². The Kier molecular flexibility index (Phi) is 13.6. The molecular formula is C41H39N3O13. The number of hydrogen-bond acceptors (Lipinski definition) is 14. The van der Waals surface area contributed by atoms with Gasteiger partial charge < -0.3 is 43.4 Å². The smallest absolute Gasteiger partial charge is 0.339 e. The Morgan fingerprint density at radius 2 is 1.32 bits per heavy atom. The lowest BCUT2D eigenvalue weighted by atomic mass is 9.97. The number of carbonyl (C=O) groups is 4. The number of nitrogens with zero attached hydrogens (tertiary/aromatic N) is 3. The monoisotopic (exact) mass is 781 g/mol. The molecule has 1 aliphatic rings. The second-order valence-electron chi connectivity index (χ2n) is 12.7. The number of ether oxygens (including phenoxy) is 7. The van der Waals surface area contributed by atoms with Gasteiger partial charge in [-0.1, -0.05) is 59.8 Å². The number of hydrogen-bond donors (Lipinski definition) is 2. The molecule has 1 saturated heterocycles. The summed E-state index contributed by atoms with van der Waals surface area (Å²) in [6.07, 6.45) is -4.40. The maximum absolute atomic E-state index is 13.6. The van der Waals surface area contributed by atoms with Crippen molar-refractivity contribution in [2.24, 2.45) is 0 Å². The molecule has 5 atom stereocenters. The molecule has 57 heavy (non-hydrogen) atoms. The molecule has 1 fully saturated rings. The van der Waals surface area contributed by atoms with Crippen LogP contribution in [0.25, 0.3) is 0 Å². The number of carboxylic acid groups (broad SMARTS) is 1. The quantitative estimate of drug-likeness (QED) is 0.0745. The molecule has 0 saturated carbocycles. The molecule has 296 valence electrons. The summed E-state index contributed by atoms with van der Waals surface area (Å²) < 4.78 is 43.0. The third kappa shape index (κ3) is 10.6. The van der Waals surface area contributed by atoms with E-state index in [1.165, 1.54) is 25.3 Å². The Morgan fingerprint density at radius 3 is 1.88 bits per heavy atom. The number of aromatic hydroxyl groups is 1. The van der Waals surface area contributed by atoms with Crippen LogP contribution in [0.1, 0.15) is 53.5 Å². The van der Waals surface area contributed by atoms with E-state index >= 15 is 0 Å².